The zero-order valence-corrected chi connectivity index (χ0v) is 14.5. The normalized spacial score (nSPS) is 13.2. The van der Waals surface area contributed by atoms with Gasteiger partial charge in [-0.05, 0) is 46.2 Å². The molecule has 0 aromatic heterocycles. The van der Waals surface area contributed by atoms with E-state index in [9.17, 15) is 0 Å². The third-order valence-corrected chi connectivity index (χ3v) is 3.89. The van der Waals surface area contributed by atoms with Gasteiger partial charge in [-0.25, -0.2) is 0 Å². The van der Waals surface area contributed by atoms with Gasteiger partial charge in [-0.2, -0.15) is 0 Å². The lowest BCUT2D eigenvalue weighted by molar-refractivity contribution is -0.0310. The Morgan fingerprint density at radius 2 is 1.95 bits per heavy atom. The quantitative estimate of drug-likeness (QED) is 0.738. The lowest BCUT2D eigenvalue weighted by Crippen LogP contribution is -2.32. The fraction of sp³-hybridized carbons (Fsp3) is 0.667. The fourth-order valence-corrected chi connectivity index (χ4v) is 2.11. The van der Waals surface area contributed by atoms with Gasteiger partial charge in [-0.15, -0.1) is 0 Å². The smallest absolute Gasteiger partial charge is 0.123 e. The highest BCUT2D eigenvalue weighted by atomic mass is 16.5. The molecule has 0 aliphatic heterocycles. The highest BCUT2D eigenvalue weighted by molar-refractivity contribution is 5.39. The van der Waals surface area contributed by atoms with Crippen molar-refractivity contribution in [3.8, 4) is 5.75 Å². The molecule has 0 spiro atoms. The molecule has 1 aromatic rings. The summed E-state index contributed by atoms with van der Waals surface area (Å²) in [6.07, 6.45) is 2.10. The predicted octanol–water partition coefficient (Wildman–Crippen LogP) is 4.25. The van der Waals surface area contributed by atoms with E-state index in [2.05, 4.69) is 52.1 Å². The Kier molecular flexibility index (Phi) is 7.20. The summed E-state index contributed by atoms with van der Waals surface area (Å²) in [6, 6.07) is 6.46. The van der Waals surface area contributed by atoms with Crippen LogP contribution in [0, 0.1) is 6.92 Å². The fourth-order valence-electron chi connectivity index (χ4n) is 2.11. The first-order valence-electron chi connectivity index (χ1n) is 7.95. The van der Waals surface area contributed by atoms with E-state index in [0.717, 1.165) is 25.1 Å². The van der Waals surface area contributed by atoms with Gasteiger partial charge in [0.1, 0.15) is 5.75 Å². The van der Waals surface area contributed by atoms with Gasteiger partial charge in [0, 0.05) is 5.56 Å². The molecule has 1 atom stereocenters. The molecule has 1 unspecified atom stereocenters. The van der Waals surface area contributed by atoms with Crippen molar-refractivity contribution < 1.29 is 9.47 Å². The summed E-state index contributed by atoms with van der Waals surface area (Å²) in [6.45, 7) is 12.3. The molecule has 3 heteroatoms. The second kappa shape index (κ2) is 8.40. The molecule has 0 fully saturated rings. The van der Waals surface area contributed by atoms with Crippen LogP contribution in [-0.2, 0) is 4.74 Å². The average Bonchev–Trinajstić information content (AvgIpc) is 2.47. The molecule has 0 aliphatic carbocycles. The first-order chi connectivity index (χ1) is 9.93. The van der Waals surface area contributed by atoms with Gasteiger partial charge in [-0.1, -0.05) is 31.5 Å². The zero-order valence-electron chi connectivity index (χ0n) is 14.5. The monoisotopic (exact) mass is 293 g/mol. The topological polar surface area (TPSA) is 30.5 Å². The SMILES string of the molecule is CCCNC(COC(C)(C)CC)c1cc(C)ccc1OC. The van der Waals surface area contributed by atoms with E-state index in [1.54, 1.807) is 7.11 Å². The van der Waals surface area contributed by atoms with Gasteiger partial charge in [0.15, 0.2) is 0 Å². The minimum atomic E-state index is -0.0940. The predicted molar refractivity (Wildman–Crippen MR) is 89.1 cm³/mol. The molecule has 1 N–H and O–H groups in total. The van der Waals surface area contributed by atoms with E-state index >= 15 is 0 Å². The van der Waals surface area contributed by atoms with E-state index in [-0.39, 0.29) is 11.6 Å². The van der Waals surface area contributed by atoms with Crippen LogP contribution in [0.4, 0.5) is 0 Å². The molecule has 0 aliphatic rings. The van der Waals surface area contributed by atoms with Gasteiger partial charge >= 0.3 is 0 Å². The number of nitrogens with one attached hydrogen (secondary N) is 1. The first kappa shape index (κ1) is 18.0. The molecular weight excluding hydrogens is 262 g/mol. The van der Waals surface area contributed by atoms with Gasteiger partial charge in [0.05, 0.1) is 25.4 Å². The van der Waals surface area contributed by atoms with Crippen molar-refractivity contribution >= 4 is 0 Å². The Balaban J connectivity index is 2.93. The molecule has 1 rings (SSSR count). The third kappa shape index (κ3) is 5.68. The minimum Gasteiger partial charge on any atom is -0.496 e. The van der Waals surface area contributed by atoms with Crippen LogP contribution >= 0.6 is 0 Å². The summed E-state index contributed by atoms with van der Waals surface area (Å²) < 4.78 is 11.6. The maximum atomic E-state index is 6.11. The van der Waals surface area contributed by atoms with Gasteiger partial charge in [0.2, 0.25) is 0 Å². The summed E-state index contributed by atoms with van der Waals surface area (Å²) in [5.41, 5.74) is 2.32. The molecule has 3 nitrogen and oxygen atoms in total. The van der Waals surface area contributed by atoms with Gasteiger partial charge in [-0.3, -0.25) is 0 Å². The van der Waals surface area contributed by atoms with Gasteiger partial charge < -0.3 is 14.8 Å². The molecule has 0 amide bonds. The number of aryl methyl sites for hydroxylation is 1. The summed E-state index contributed by atoms with van der Waals surface area (Å²) in [5.74, 6) is 0.923. The Morgan fingerprint density at radius 3 is 2.52 bits per heavy atom. The van der Waals surface area contributed by atoms with Crippen LogP contribution in [0.25, 0.3) is 0 Å². The van der Waals surface area contributed by atoms with Crippen molar-refractivity contribution in [3.05, 3.63) is 29.3 Å². The second-order valence-electron chi connectivity index (χ2n) is 6.18. The maximum Gasteiger partial charge on any atom is 0.123 e. The van der Waals surface area contributed by atoms with E-state index in [1.165, 1.54) is 11.1 Å². The summed E-state index contributed by atoms with van der Waals surface area (Å²) >= 11 is 0. The van der Waals surface area contributed by atoms with E-state index in [1.807, 2.05) is 6.07 Å². The highest BCUT2D eigenvalue weighted by Crippen LogP contribution is 2.28. The van der Waals surface area contributed by atoms with E-state index in [0.29, 0.717) is 6.61 Å². The average molecular weight is 293 g/mol. The standard InChI is InChI=1S/C18H31NO2/c1-7-11-19-16(13-21-18(4,5)8-2)15-12-14(3)9-10-17(15)20-6/h9-10,12,16,19H,7-8,11,13H2,1-6H3. The zero-order chi connectivity index (χ0) is 15.9. The second-order valence-corrected chi connectivity index (χ2v) is 6.18. The van der Waals surface area contributed by atoms with Crippen LogP contribution in [0.3, 0.4) is 0 Å². The Hall–Kier alpha value is -1.06. The van der Waals surface area contributed by atoms with Crippen molar-refractivity contribution in [2.45, 2.75) is 59.1 Å². The summed E-state index contributed by atoms with van der Waals surface area (Å²) in [5, 5.41) is 3.58. The maximum absolute atomic E-state index is 6.11. The molecule has 21 heavy (non-hydrogen) atoms. The lowest BCUT2D eigenvalue weighted by Gasteiger charge is -2.28. The van der Waals surface area contributed by atoms with Crippen LogP contribution in [0.15, 0.2) is 18.2 Å². The van der Waals surface area contributed by atoms with Crippen LogP contribution in [0.5, 0.6) is 5.75 Å². The number of methoxy groups -OCH3 is 1. The molecule has 0 saturated carbocycles. The number of benzene rings is 1. The van der Waals surface area contributed by atoms with E-state index < -0.39 is 0 Å². The lowest BCUT2D eigenvalue weighted by atomic mass is 10.0. The Labute approximate surface area is 130 Å². The summed E-state index contributed by atoms with van der Waals surface area (Å²) in [7, 11) is 1.72. The number of rotatable bonds is 9. The van der Waals surface area contributed by atoms with Crippen molar-refractivity contribution in [1.82, 2.24) is 5.32 Å². The number of hydrogen-bond donors (Lipinski definition) is 1. The summed E-state index contributed by atoms with van der Waals surface area (Å²) in [4.78, 5) is 0. The third-order valence-electron chi connectivity index (χ3n) is 3.89. The molecule has 1 aromatic carbocycles. The van der Waals surface area contributed by atoms with Crippen LogP contribution in [0.2, 0.25) is 0 Å². The largest absolute Gasteiger partial charge is 0.496 e. The van der Waals surface area contributed by atoms with E-state index in [4.69, 9.17) is 9.47 Å². The molecule has 0 radical (unpaired) electrons. The number of hydrogen-bond acceptors (Lipinski definition) is 3. The first-order valence-corrected chi connectivity index (χ1v) is 7.95. The van der Waals surface area contributed by atoms with Crippen LogP contribution in [0.1, 0.15) is 57.7 Å². The molecular formula is C18H31NO2. The number of ether oxygens (including phenoxy) is 2. The highest BCUT2D eigenvalue weighted by Gasteiger charge is 2.21. The molecule has 0 heterocycles. The minimum absolute atomic E-state index is 0.0940. The van der Waals surface area contributed by atoms with Gasteiger partial charge in [0.25, 0.3) is 0 Å². The Bertz CT molecular complexity index is 429. The Morgan fingerprint density at radius 1 is 1.24 bits per heavy atom. The molecule has 0 bridgehead atoms. The molecule has 0 saturated heterocycles. The van der Waals surface area contributed by atoms with Crippen LogP contribution < -0.4 is 10.1 Å². The molecule has 120 valence electrons. The van der Waals surface area contributed by atoms with Crippen LogP contribution in [-0.4, -0.2) is 25.9 Å². The van der Waals surface area contributed by atoms with Crippen molar-refractivity contribution in [2.24, 2.45) is 0 Å². The van der Waals surface area contributed by atoms with Crippen molar-refractivity contribution in [2.75, 3.05) is 20.3 Å². The van der Waals surface area contributed by atoms with Crippen molar-refractivity contribution in [3.63, 3.8) is 0 Å². The van der Waals surface area contributed by atoms with Crippen molar-refractivity contribution in [1.29, 1.82) is 0 Å².